The van der Waals surface area contributed by atoms with E-state index in [1.165, 1.54) is 6.07 Å². The molecule has 0 bridgehead atoms. The van der Waals surface area contributed by atoms with Crippen molar-refractivity contribution in [3.63, 3.8) is 0 Å². The predicted octanol–water partition coefficient (Wildman–Crippen LogP) is 1.59. The van der Waals surface area contributed by atoms with Crippen molar-refractivity contribution in [1.82, 2.24) is 5.32 Å². The van der Waals surface area contributed by atoms with Crippen molar-refractivity contribution in [2.24, 2.45) is 0 Å². The lowest BCUT2D eigenvalue weighted by Gasteiger charge is -2.08. The summed E-state index contributed by atoms with van der Waals surface area (Å²) in [5.41, 5.74) is 0.506. The minimum absolute atomic E-state index is 0.0910. The number of hydrogen-bond acceptors (Lipinski definition) is 3. The Morgan fingerprint density at radius 1 is 1.29 bits per heavy atom. The molecule has 0 fully saturated rings. The van der Waals surface area contributed by atoms with Crippen LogP contribution in [-0.4, -0.2) is 18.9 Å². The van der Waals surface area contributed by atoms with Gasteiger partial charge in [0.15, 0.2) is 11.5 Å². The molecule has 0 aromatic heterocycles. The Kier molecular flexibility index (Phi) is 2.83. The first-order valence-electron chi connectivity index (χ1n) is 4.70. The fraction of sp³-hybridized carbons (Fsp3) is 0.300. The Bertz CT molecular complexity index is 445. The van der Waals surface area contributed by atoms with Gasteiger partial charge in [0.2, 0.25) is 6.79 Å². The van der Waals surface area contributed by atoms with Gasteiger partial charge in [0.05, 0.1) is 0 Å². The maximum Gasteiger partial charge on any atom is 0.471 e. The SMILES string of the molecule is O=C(NCc1ccc2c(c1)OCO2)C(F)(F)F. The molecule has 1 aromatic carbocycles. The minimum Gasteiger partial charge on any atom is -0.454 e. The van der Waals surface area contributed by atoms with Gasteiger partial charge < -0.3 is 14.8 Å². The van der Waals surface area contributed by atoms with E-state index >= 15 is 0 Å². The van der Waals surface area contributed by atoms with E-state index in [-0.39, 0.29) is 13.3 Å². The molecule has 0 saturated heterocycles. The van der Waals surface area contributed by atoms with E-state index in [9.17, 15) is 18.0 Å². The topological polar surface area (TPSA) is 47.6 Å². The van der Waals surface area contributed by atoms with E-state index < -0.39 is 12.1 Å². The van der Waals surface area contributed by atoms with Crippen LogP contribution in [0.2, 0.25) is 0 Å². The second-order valence-electron chi connectivity index (χ2n) is 3.37. The van der Waals surface area contributed by atoms with E-state index in [4.69, 9.17) is 9.47 Å². The summed E-state index contributed by atoms with van der Waals surface area (Å²) in [6.45, 7) is -0.122. The quantitative estimate of drug-likeness (QED) is 0.863. The summed E-state index contributed by atoms with van der Waals surface area (Å²) in [6.07, 6.45) is -4.86. The second-order valence-corrected chi connectivity index (χ2v) is 3.37. The van der Waals surface area contributed by atoms with Gasteiger partial charge in [0.1, 0.15) is 0 Å². The first-order chi connectivity index (χ1) is 7.97. The third kappa shape index (κ3) is 2.61. The van der Waals surface area contributed by atoms with Crippen molar-refractivity contribution in [3.05, 3.63) is 23.8 Å². The number of nitrogens with one attached hydrogen (secondary N) is 1. The number of amides is 1. The van der Waals surface area contributed by atoms with Crippen LogP contribution in [0.15, 0.2) is 18.2 Å². The highest BCUT2D eigenvalue weighted by Crippen LogP contribution is 2.32. The molecule has 1 amide bonds. The summed E-state index contributed by atoms with van der Waals surface area (Å²) < 4.78 is 45.8. The van der Waals surface area contributed by atoms with Crippen molar-refractivity contribution < 1.29 is 27.4 Å². The monoisotopic (exact) mass is 247 g/mol. The summed E-state index contributed by atoms with van der Waals surface area (Å²) in [7, 11) is 0. The lowest BCUT2D eigenvalue weighted by molar-refractivity contribution is -0.173. The van der Waals surface area contributed by atoms with E-state index in [0.29, 0.717) is 17.1 Å². The second kappa shape index (κ2) is 4.15. The van der Waals surface area contributed by atoms with E-state index in [1.54, 1.807) is 17.4 Å². The van der Waals surface area contributed by atoms with Crippen LogP contribution in [0.1, 0.15) is 5.56 Å². The molecule has 0 spiro atoms. The Morgan fingerprint density at radius 3 is 2.71 bits per heavy atom. The van der Waals surface area contributed by atoms with Crippen LogP contribution in [0.3, 0.4) is 0 Å². The Balaban J connectivity index is 1.98. The van der Waals surface area contributed by atoms with Gasteiger partial charge in [-0.1, -0.05) is 6.07 Å². The van der Waals surface area contributed by atoms with Gasteiger partial charge >= 0.3 is 12.1 Å². The van der Waals surface area contributed by atoms with Crippen LogP contribution in [0.4, 0.5) is 13.2 Å². The number of halogens is 3. The van der Waals surface area contributed by atoms with E-state index in [2.05, 4.69) is 0 Å². The molecule has 2 rings (SSSR count). The van der Waals surface area contributed by atoms with Crippen molar-refractivity contribution in [2.45, 2.75) is 12.7 Å². The lowest BCUT2D eigenvalue weighted by atomic mass is 10.2. The number of hydrogen-bond donors (Lipinski definition) is 1. The van der Waals surface area contributed by atoms with Gasteiger partial charge in [0.25, 0.3) is 0 Å². The number of alkyl halides is 3. The minimum atomic E-state index is -4.86. The molecule has 1 aliphatic heterocycles. The van der Waals surface area contributed by atoms with Crippen LogP contribution in [0.5, 0.6) is 11.5 Å². The molecular weight excluding hydrogens is 239 g/mol. The van der Waals surface area contributed by atoms with Crippen molar-refractivity contribution in [3.8, 4) is 11.5 Å². The zero-order valence-electron chi connectivity index (χ0n) is 8.50. The summed E-state index contributed by atoms with van der Waals surface area (Å²) in [4.78, 5) is 10.6. The highest BCUT2D eigenvalue weighted by atomic mass is 19.4. The van der Waals surface area contributed by atoms with Crippen LogP contribution >= 0.6 is 0 Å². The molecular formula is C10H8F3NO3. The molecule has 7 heteroatoms. The molecule has 1 heterocycles. The van der Waals surface area contributed by atoms with E-state index in [1.807, 2.05) is 0 Å². The molecule has 1 aliphatic rings. The van der Waals surface area contributed by atoms with Gasteiger partial charge in [0, 0.05) is 6.54 Å². The van der Waals surface area contributed by atoms with Gasteiger partial charge in [-0.3, -0.25) is 4.79 Å². The van der Waals surface area contributed by atoms with Crippen LogP contribution in [-0.2, 0) is 11.3 Å². The third-order valence-corrected chi connectivity index (χ3v) is 2.15. The highest BCUT2D eigenvalue weighted by molar-refractivity contribution is 5.81. The summed E-state index contributed by atoms with van der Waals surface area (Å²) in [5.74, 6) is -0.963. The summed E-state index contributed by atoms with van der Waals surface area (Å²) in [5, 5.41) is 1.77. The molecule has 0 atom stereocenters. The maximum atomic E-state index is 11.9. The van der Waals surface area contributed by atoms with Gasteiger partial charge in [-0.2, -0.15) is 13.2 Å². The smallest absolute Gasteiger partial charge is 0.454 e. The Labute approximate surface area is 94.3 Å². The molecule has 0 radical (unpaired) electrons. The fourth-order valence-electron chi connectivity index (χ4n) is 1.33. The van der Waals surface area contributed by atoms with Crippen LogP contribution in [0, 0.1) is 0 Å². The average molecular weight is 247 g/mol. The number of carbonyl (C=O) groups excluding carboxylic acids is 1. The molecule has 92 valence electrons. The highest BCUT2D eigenvalue weighted by Gasteiger charge is 2.38. The number of ether oxygens (including phenoxy) is 2. The standard InChI is InChI=1S/C10H8F3NO3/c11-10(12,13)9(15)14-4-6-1-2-7-8(3-6)17-5-16-7/h1-3H,4-5H2,(H,14,15). The molecule has 17 heavy (non-hydrogen) atoms. The largest absolute Gasteiger partial charge is 0.471 e. The number of fused-ring (bicyclic) bond motifs is 1. The number of rotatable bonds is 2. The maximum absolute atomic E-state index is 11.9. The third-order valence-electron chi connectivity index (χ3n) is 2.15. The number of carbonyl (C=O) groups is 1. The van der Waals surface area contributed by atoms with Crippen molar-refractivity contribution in [1.29, 1.82) is 0 Å². The predicted molar refractivity (Wildman–Crippen MR) is 50.5 cm³/mol. The fourth-order valence-corrected chi connectivity index (χ4v) is 1.33. The molecule has 0 unspecified atom stereocenters. The number of benzene rings is 1. The molecule has 0 saturated carbocycles. The summed E-state index contributed by atoms with van der Waals surface area (Å²) in [6, 6.07) is 4.67. The average Bonchev–Trinajstić information content (AvgIpc) is 2.71. The van der Waals surface area contributed by atoms with Crippen LogP contribution in [0.25, 0.3) is 0 Å². The summed E-state index contributed by atoms with van der Waals surface area (Å²) >= 11 is 0. The van der Waals surface area contributed by atoms with Gasteiger partial charge in [-0.05, 0) is 17.7 Å². The van der Waals surface area contributed by atoms with Gasteiger partial charge in [-0.15, -0.1) is 0 Å². The zero-order chi connectivity index (χ0) is 12.5. The van der Waals surface area contributed by atoms with Crippen molar-refractivity contribution >= 4 is 5.91 Å². The molecule has 1 N–H and O–H groups in total. The van der Waals surface area contributed by atoms with Crippen molar-refractivity contribution in [2.75, 3.05) is 6.79 Å². The normalized spacial score (nSPS) is 13.6. The van der Waals surface area contributed by atoms with Gasteiger partial charge in [-0.25, -0.2) is 0 Å². The van der Waals surface area contributed by atoms with Crippen LogP contribution < -0.4 is 14.8 Å². The Hall–Kier alpha value is -1.92. The first kappa shape index (κ1) is 11.6. The van der Waals surface area contributed by atoms with E-state index in [0.717, 1.165) is 0 Å². The first-order valence-corrected chi connectivity index (χ1v) is 4.70. The molecule has 4 nitrogen and oxygen atoms in total. The molecule has 1 aromatic rings. The lowest BCUT2D eigenvalue weighted by Crippen LogP contribution is -2.36. The zero-order valence-corrected chi connectivity index (χ0v) is 8.50. The Morgan fingerprint density at radius 2 is 2.00 bits per heavy atom. The molecule has 0 aliphatic carbocycles.